The van der Waals surface area contributed by atoms with Crippen LogP contribution in [0.15, 0.2) is 60.3 Å². The molecule has 0 bridgehead atoms. The van der Waals surface area contributed by atoms with Gasteiger partial charge in [-0.1, -0.05) is 90.1 Å². The maximum atomic E-state index is 3.51. The van der Waals surface area contributed by atoms with Gasteiger partial charge in [-0.05, 0) is 59.2 Å². The largest absolute Gasteiger partial charge is 0.380 e. The fourth-order valence-electron chi connectivity index (χ4n) is 3.48. The number of aryl methyl sites for hydroxylation is 1. The molecule has 0 saturated carbocycles. The lowest BCUT2D eigenvalue weighted by atomic mass is 9.94. The molecule has 146 valence electrons. The van der Waals surface area contributed by atoms with Crippen LogP contribution in [0.3, 0.4) is 0 Å². The first-order chi connectivity index (χ1) is 13.2. The van der Waals surface area contributed by atoms with Crippen LogP contribution in [0.4, 0.5) is 0 Å². The average molecular weight is 364 g/mol. The molecule has 0 aromatic heterocycles. The predicted octanol–water partition coefficient (Wildman–Crippen LogP) is 7.75. The lowest BCUT2D eigenvalue weighted by Crippen LogP contribution is -2.17. The smallest absolute Gasteiger partial charge is 0.0698 e. The number of rotatable bonds is 1. The Balaban J connectivity index is 0.000000556. The highest BCUT2D eigenvalue weighted by molar-refractivity contribution is 5.79. The van der Waals surface area contributed by atoms with E-state index in [1.807, 2.05) is 41.5 Å². The molecule has 1 heteroatoms. The Morgan fingerprint density at radius 2 is 1.37 bits per heavy atom. The molecule has 27 heavy (non-hydrogen) atoms. The summed E-state index contributed by atoms with van der Waals surface area (Å²) in [6.07, 6.45) is 7.63. The van der Waals surface area contributed by atoms with Crippen molar-refractivity contribution in [2.45, 2.75) is 67.9 Å². The quantitative estimate of drug-likeness (QED) is 0.466. The number of hydrogen-bond donors (Lipinski definition) is 1. The molecule has 1 aliphatic heterocycles. The van der Waals surface area contributed by atoms with Gasteiger partial charge in [0.05, 0.1) is 6.04 Å². The van der Waals surface area contributed by atoms with Gasteiger partial charge in [-0.15, -0.1) is 0 Å². The summed E-state index contributed by atoms with van der Waals surface area (Å²) >= 11 is 0. The maximum Gasteiger partial charge on any atom is 0.0698 e. The molecular formula is C26H37N. The van der Waals surface area contributed by atoms with Crippen LogP contribution >= 0.6 is 0 Å². The Labute approximate surface area is 167 Å². The molecule has 0 radical (unpaired) electrons. The first-order valence-corrected chi connectivity index (χ1v) is 10.6. The Kier molecular flexibility index (Phi) is 9.64. The van der Waals surface area contributed by atoms with Gasteiger partial charge in [0, 0.05) is 6.20 Å². The number of nitrogens with one attached hydrogen (secondary N) is 1. The molecule has 1 aliphatic carbocycles. The van der Waals surface area contributed by atoms with Crippen LogP contribution in [0.1, 0.15) is 76.8 Å². The summed E-state index contributed by atoms with van der Waals surface area (Å²) in [6, 6.07) is 13.6. The van der Waals surface area contributed by atoms with E-state index in [1.165, 1.54) is 39.0 Å². The zero-order valence-electron chi connectivity index (χ0n) is 18.5. The number of benzene rings is 2. The van der Waals surface area contributed by atoms with Crippen molar-refractivity contribution in [3.05, 3.63) is 82.6 Å². The van der Waals surface area contributed by atoms with Crippen molar-refractivity contribution in [3.63, 3.8) is 0 Å². The molecular weight excluding hydrogens is 326 g/mol. The van der Waals surface area contributed by atoms with Crippen LogP contribution in [-0.4, -0.2) is 0 Å². The van der Waals surface area contributed by atoms with Crippen molar-refractivity contribution in [1.82, 2.24) is 5.32 Å². The summed E-state index contributed by atoms with van der Waals surface area (Å²) < 4.78 is 0. The second-order valence-electron chi connectivity index (χ2n) is 6.04. The molecule has 2 aromatic rings. The Hall–Kier alpha value is -2.28. The lowest BCUT2D eigenvalue weighted by molar-refractivity contribution is 0.732. The van der Waals surface area contributed by atoms with Gasteiger partial charge in [-0.25, -0.2) is 0 Å². The molecule has 2 aliphatic rings. The summed E-state index contributed by atoms with van der Waals surface area (Å²) in [4.78, 5) is 0. The maximum absolute atomic E-state index is 3.51. The summed E-state index contributed by atoms with van der Waals surface area (Å²) in [5, 5.41) is 3.51. The van der Waals surface area contributed by atoms with Crippen LogP contribution in [0.2, 0.25) is 0 Å². The van der Waals surface area contributed by atoms with Gasteiger partial charge < -0.3 is 5.32 Å². The molecule has 0 spiro atoms. The van der Waals surface area contributed by atoms with Crippen molar-refractivity contribution in [2.24, 2.45) is 0 Å². The van der Waals surface area contributed by atoms with Gasteiger partial charge in [-0.3, -0.25) is 0 Å². The summed E-state index contributed by atoms with van der Waals surface area (Å²) in [5.74, 6) is 0. The van der Waals surface area contributed by atoms with E-state index in [0.29, 0.717) is 6.04 Å². The van der Waals surface area contributed by atoms with Crippen LogP contribution in [0.25, 0.3) is 11.1 Å². The van der Waals surface area contributed by atoms with Crippen molar-refractivity contribution >= 4 is 0 Å². The van der Waals surface area contributed by atoms with Crippen molar-refractivity contribution < 1.29 is 0 Å². The van der Waals surface area contributed by atoms with Gasteiger partial charge in [-0.2, -0.15) is 0 Å². The highest BCUT2D eigenvalue weighted by atomic mass is 14.9. The van der Waals surface area contributed by atoms with Gasteiger partial charge in [0.1, 0.15) is 0 Å². The van der Waals surface area contributed by atoms with E-state index < -0.39 is 0 Å². The highest BCUT2D eigenvalue weighted by Gasteiger charge is 2.24. The van der Waals surface area contributed by atoms with E-state index in [4.69, 9.17) is 0 Å². The van der Waals surface area contributed by atoms with Crippen molar-refractivity contribution in [1.29, 1.82) is 0 Å². The van der Waals surface area contributed by atoms with E-state index in [0.717, 1.165) is 6.42 Å². The first kappa shape index (κ1) is 22.8. The fraction of sp³-hybridized carbons (Fsp3) is 0.385. The van der Waals surface area contributed by atoms with Gasteiger partial charge in [0.15, 0.2) is 0 Å². The molecule has 1 atom stereocenters. The van der Waals surface area contributed by atoms with Gasteiger partial charge >= 0.3 is 0 Å². The fourth-order valence-corrected chi connectivity index (χ4v) is 3.48. The molecule has 1 heterocycles. The molecule has 0 saturated heterocycles. The monoisotopic (exact) mass is 363 g/mol. The third-order valence-corrected chi connectivity index (χ3v) is 4.64. The average Bonchev–Trinajstić information content (AvgIpc) is 3.14. The molecule has 1 nitrogen and oxygen atoms in total. The number of hydrogen-bond acceptors (Lipinski definition) is 1. The predicted molar refractivity (Wildman–Crippen MR) is 122 cm³/mol. The van der Waals surface area contributed by atoms with Crippen LogP contribution in [0.5, 0.6) is 0 Å². The SMILES string of the molecule is CC.CC.CC.CC1=CNC(c2cccc3c2Cc2c(C)cccc2-3)C=C1. The third kappa shape index (κ3) is 4.91. The van der Waals surface area contributed by atoms with E-state index in [2.05, 4.69) is 73.9 Å². The zero-order valence-corrected chi connectivity index (χ0v) is 18.5. The summed E-state index contributed by atoms with van der Waals surface area (Å²) in [5.41, 5.74) is 9.88. The lowest BCUT2D eigenvalue weighted by Gasteiger charge is -2.21. The van der Waals surface area contributed by atoms with Crippen LogP contribution < -0.4 is 5.32 Å². The van der Waals surface area contributed by atoms with E-state index >= 15 is 0 Å². The minimum Gasteiger partial charge on any atom is -0.380 e. The minimum atomic E-state index is 0.290. The highest BCUT2D eigenvalue weighted by Crippen LogP contribution is 2.41. The summed E-state index contributed by atoms with van der Waals surface area (Å²) in [6.45, 7) is 16.3. The number of fused-ring (bicyclic) bond motifs is 3. The molecule has 1 N–H and O–H groups in total. The van der Waals surface area contributed by atoms with Crippen LogP contribution in [-0.2, 0) is 6.42 Å². The topological polar surface area (TPSA) is 12.0 Å². The third-order valence-electron chi connectivity index (χ3n) is 4.64. The normalized spacial score (nSPS) is 15.3. The van der Waals surface area contributed by atoms with Crippen molar-refractivity contribution in [2.75, 3.05) is 0 Å². The number of dihydropyridines is 1. The molecule has 0 amide bonds. The van der Waals surface area contributed by atoms with Crippen LogP contribution in [0, 0.1) is 6.92 Å². The second-order valence-corrected chi connectivity index (χ2v) is 6.04. The second kappa shape index (κ2) is 11.4. The summed E-state index contributed by atoms with van der Waals surface area (Å²) in [7, 11) is 0. The molecule has 0 fully saturated rings. The van der Waals surface area contributed by atoms with Gasteiger partial charge in [0.25, 0.3) is 0 Å². The van der Waals surface area contributed by atoms with E-state index in [-0.39, 0.29) is 0 Å². The number of allylic oxidation sites excluding steroid dienone is 2. The van der Waals surface area contributed by atoms with Gasteiger partial charge in [0.2, 0.25) is 0 Å². The first-order valence-electron chi connectivity index (χ1n) is 10.6. The molecule has 2 aromatic carbocycles. The standard InChI is InChI=1S/C20H19N.3C2H6/c1-13-9-10-20(21-12-13)17-8-4-7-16-15-6-3-5-14(2)18(15)11-19(16)17;3*1-2/h3-10,12,20-21H,11H2,1-2H3;3*1-2H3. The van der Waals surface area contributed by atoms with Crippen molar-refractivity contribution in [3.8, 4) is 11.1 Å². The van der Waals surface area contributed by atoms with E-state index in [9.17, 15) is 0 Å². The molecule has 4 rings (SSSR count). The Morgan fingerprint density at radius 3 is 1.96 bits per heavy atom. The molecule has 1 unspecified atom stereocenters. The zero-order chi connectivity index (χ0) is 20.4. The van der Waals surface area contributed by atoms with E-state index in [1.54, 1.807) is 0 Å². The Morgan fingerprint density at radius 1 is 0.778 bits per heavy atom. The minimum absolute atomic E-state index is 0.290. The Bertz CT molecular complexity index is 781.